The Balaban J connectivity index is 0.869. The molecule has 2 saturated heterocycles. The van der Waals surface area contributed by atoms with Gasteiger partial charge in [0.05, 0.1) is 21.4 Å². The summed E-state index contributed by atoms with van der Waals surface area (Å²) < 4.78 is 30.4. The Bertz CT molecular complexity index is 2850. The number of aromatic nitrogens is 6. The van der Waals surface area contributed by atoms with Gasteiger partial charge in [-0.25, -0.2) is 18.4 Å². The fourth-order valence-corrected chi connectivity index (χ4v) is 10.8. The van der Waals surface area contributed by atoms with E-state index in [9.17, 15) is 18.5 Å². The van der Waals surface area contributed by atoms with Crippen molar-refractivity contribution in [3.8, 4) is 11.1 Å². The monoisotopic (exact) mass is 930 g/mol. The van der Waals surface area contributed by atoms with Crippen LogP contribution in [-0.4, -0.2) is 105 Å². The summed E-state index contributed by atoms with van der Waals surface area (Å²) in [5, 5.41) is 31.9. The molecule has 0 aliphatic carbocycles. The Labute approximate surface area is 386 Å². The number of sulfonamides is 1. The van der Waals surface area contributed by atoms with Crippen LogP contribution in [0.4, 0.5) is 22.9 Å². The van der Waals surface area contributed by atoms with Crippen molar-refractivity contribution < 1.29 is 13.3 Å². The van der Waals surface area contributed by atoms with Crippen LogP contribution in [0, 0.1) is 10.1 Å². The van der Waals surface area contributed by atoms with Crippen LogP contribution in [-0.2, 0) is 16.6 Å². The van der Waals surface area contributed by atoms with Gasteiger partial charge < -0.3 is 10.2 Å². The van der Waals surface area contributed by atoms with Gasteiger partial charge in [0.25, 0.3) is 15.7 Å². The Hall–Kier alpha value is -6.18. The highest BCUT2D eigenvalue weighted by molar-refractivity contribution is 7.99. The van der Waals surface area contributed by atoms with Crippen molar-refractivity contribution >= 4 is 67.2 Å². The summed E-state index contributed by atoms with van der Waals surface area (Å²) in [6.07, 6.45) is 3.89. The highest BCUT2D eigenvalue weighted by atomic mass is 35.5. The SMILES string of the molecule is O=[N+]([O-])c1cc(S(=O)(=O)Nc2ncnc3cc(N4CCN(Cc5ccccc5-c5ccc(Cl)cc5)CC4)ccc23)ccc1N[C@H](CCN1CCCC1c1nn[nH]n1)CSc1ccccc1. The van der Waals surface area contributed by atoms with Gasteiger partial charge in [0, 0.05) is 78.1 Å². The number of tetrazole rings is 1. The normalized spacial score (nSPS) is 16.4. The molecule has 9 rings (SSSR count). The number of nitro groups is 1. The average Bonchev–Trinajstić information content (AvgIpc) is 4.04. The predicted molar refractivity (Wildman–Crippen MR) is 255 cm³/mol. The van der Waals surface area contributed by atoms with Crippen molar-refractivity contribution in [1.82, 2.24) is 40.4 Å². The lowest BCUT2D eigenvalue weighted by Crippen LogP contribution is -2.46. The van der Waals surface area contributed by atoms with Gasteiger partial charge in [-0.2, -0.15) is 5.21 Å². The minimum Gasteiger partial charge on any atom is -0.376 e. The number of nitro benzene ring substituents is 1. The highest BCUT2D eigenvalue weighted by Crippen LogP contribution is 2.34. The lowest BCUT2D eigenvalue weighted by molar-refractivity contribution is -0.384. The molecule has 4 heterocycles. The van der Waals surface area contributed by atoms with E-state index < -0.39 is 14.9 Å². The standard InChI is InChI=1S/C46H47ClN12O4S2/c47-34-14-12-32(13-15-34)39-10-5-4-7-33(39)29-56-23-25-57(26-24-56)36-16-18-40-42(27-36)48-31-49-45(40)53-65(62,63)38-17-19-41(44(28-38)59(60)61)50-35(30-64-37-8-2-1-3-9-37)20-22-58-21-6-11-43(58)46-51-54-55-52-46/h1-5,7-10,12-19,27-28,31,35,43,50H,6,11,20-26,29-30H2,(H,48,49,53)(H,51,52,54,55)/t35-,43?/m1/s1. The van der Waals surface area contributed by atoms with Gasteiger partial charge in [0.1, 0.15) is 12.0 Å². The zero-order valence-electron chi connectivity index (χ0n) is 35.3. The molecule has 2 aliphatic rings. The summed E-state index contributed by atoms with van der Waals surface area (Å²) in [5.74, 6) is 1.35. The van der Waals surface area contributed by atoms with Crippen LogP contribution in [0.5, 0.6) is 0 Å². The van der Waals surface area contributed by atoms with Gasteiger partial charge >= 0.3 is 0 Å². The first-order valence-electron chi connectivity index (χ1n) is 21.5. The van der Waals surface area contributed by atoms with Crippen molar-refractivity contribution in [2.75, 3.05) is 60.0 Å². The molecule has 65 heavy (non-hydrogen) atoms. The minimum atomic E-state index is -4.31. The number of halogens is 1. The van der Waals surface area contributed by atoms with Crippen LogP contribution in [0.25, 0.3) is 22.0 Å². The van der Waals surface area contributed by atoms with E-state index in [1.807, 2.05) is 60.7 Å². The highest BCUT2D eigenvalue weighted by Gasteiger charge is 2.30. The van der Waals surface area contributed by atoms with E-state index in [-0.39, 0.29) is 34.2 Å². The third-order valence-electron chi connectivity index (χ3n) is 12.0. The molecule has 0 bridgehead atoms. The molecule has 1 unspecified atom stereocenters. The number of piperazine rings is 1. The number of likely N-dealkylation sites (tertiary alicyclic amines) is 1. The second kappa shape index (κ2) is 19.9. The molecule has 0 radical (unpaired) electrons. The van der Waals surface area contributed by atoms with Crippen molar-refractivity contribution in [3.63, 3.8) is 0 Å². The van der Waals surface area contributed by atoms with E-state index >= 15 is 0 Å². The second-order valence-corrected chi connectivity index (χ2v) is 19.3. The quantitative estimate of drug-likeness (QED) is 0.0449. The van der Waals surface area contributed by atoms with Gasteiger partial charge in [-0.1, -0.05) is 71.4 Å². The molecule has 5 aromatic carbocycles. The number of aromatic amines is 1. The number of rotatable bonds is 17. The summed E-state index contributed by atoms with van der Waals surface area (Å²) in [6.45, 7) is 5.71. The number of anilines is 3. The predicted octanol–water partition coefficient (Wildman–Crippen LogP) is 8.29. The number of hydrogen-bond acceptors (Lipinski definition) is 14. The smallest absolute Gasteiger partial charge is 0.293 e. The largest absolute Gasteiger partial charge is 0.376 e. The maximum Gasteiger partial charge on any atom is 0.293 e. The van der Waals surface area contributed by atoms with E-state index in [0.29, 0.717) is 40.5 Å². The zero-order chi connectivity index (χ0) is 44.8. The maximum atomic E-state index is 13.9. The van der Waals surface area contributed by atoms with Gasteiger partial charge in [0.15, 0.2) is 11.6 Å². The molecular formula is C46H47ClN12O4S2. The number of thioether (sulfide) groups is 1. The first kappa shape index (κ1) is 44.0. The van der Waals surface area contributed by atoms with Gasteiger partial charge in [-0.3, -0.25) is 24.6 Å². The fraction of sp³-hybridized carbons (Fsp3) is 0.283. The molecule has 0 spiro atoms. The first-order chi connectivity index (χ1) is 31.7. The molecule has 3 N–H and O–H groups in total. The number of nitrogens with one attached hydrogen (secondary N) is 3. The molecule has 0 amide bonds. The van der Waals surface area contributed by atoms with Crippen LogP contribution in [0.15, 0.2) is 131 Å². The van der Waals surface area contributed by atoms with Gasteiger partial charge in [-0.15, -0.1) is 22.0 Å². The van der Waals surface area contributed by atoms with Crippen LogP contribution < -0.4 is 14.9 Å². The van der Waals surface area contributed by atoms with E-state index in [0.717, 1.165) is 74.3 Å². The lowest BCUT2D eigenvalue weighted by atomic mass is 9.99. The summed E-state index contributed by atoms with van der Waals surface area (Å²) in [7, 11) is -4.31. The Morgan fingerprint density at radius 3 is 2.49 bits per heavy atom. The van der Waals surface area contributed by atoms with E-state index in [1.54, 1.807) is 11.8 Å². The van der Waals surface area contributed by atoms with Crippen LogP contribution in [0.1, 0.15) is 36.7 Å². The van der Waals surface area contributed by atoms with Crippen LogP contribution in [0.3, 0.4) is 0 Å². The second-order valence-electron chi connectivity index (χ2n) is 16.1. The summed E-state index contributed by atoms with van der Waals surface area (Å²) >= 11 is 7.80. The van der Waals surface area contributed by atoms with E-state index in [1.165, 1.54) is 29.6 Å². The maximum absolute atomic E-state index is 13.9. The van der Waals surface area contributed by atoms with E-state index in [4.69, 9.17) is 11.6 Å². The van der Waals surface area contributed by atoms with Crippen molar-refractivity contribution in [3.05, 3.63) is 148 Å². The summed E-state index contributed by atoms with van der Waals surface area (Å²) in [4.78, 5) is 28.6. The molecule has 0 saturated carbocycles. The molecule has 19 heteroatoms. The lowest BCUT2D eigenvalue weighted by Gasteiger charge is -2.36. The van der Waals surface area contributed by atoms with Crippen LogP contribution in [0.2, 0.25) is 5.02 Å². The first-order valence-corrected chi connectivity index (χ1v) is 24.3. The topological polar surface area (TPSA) is 191 Å². The third-order valence-corrected chi connectivity index (χ3v) is 14.7. The van der Waals surface area contributed by atoms with Crippen molar-refractivity contribution in [2.45, 2.75) is 47.7 Å². The molecule has 16 nitrogen and oxygen atoms in total. The van der Waals surface area contributed by atoms with Crippen LogP contribution >= 0.6 is 23.4 Å². The fourth-order valence-electron chi connectivity index (χ4n) is 8.58. The molecular weight excluding hydrogens is 884 g/mol. The molecule has 2 aliphatic heterocycles. The van der Waals surface area contributed by atoms with Gasteiger partial charge in [-0.05, 0) is 97.1 Å². The van der Waals surface area contributed by atoms with E-state index in [2.05, 4.69) is 91.7 Å². The summed E-state index contributed by atoms with van der Waals surface area (Å²) in [5.41, 5.74) is 5.00. The molecule has 2 fully saturated rings. The third kappa shape index (κ3) is 10.5. The Morgan fingerprint density at radius 1 is 0.908 bits per heavy atom. The zero-order valence-corrected chi connectivity index (χ0v) is 37.7. The van der Waals surface area contributed by atoms with Crippen molar-refractivity contribution in [1.29, 1.82) is 0 Å². The van der Waals surface area contributed by atoms with Gasteiger partial charge in [0.2, 0.25) is 0 Å². The number of H-pyrrole nitrogens is 1. The number of fused-ring (bicyclic) bond motifs is 1. The molecule has 2 atom stereocenters. The molecule has 7 aromatic rings. The molecule has 334 valence electrons. The Morgan fingerprint density at radius 2 is 1.71 bits per heavy atom. The average molecular weight is 932 g/mol. The number of hydrogen-bond donors (Lipinski definition) is 3. The summed E-state index contributed by atoms with van der Waals surface area (Å²) in [6, 6.07) is 35.8. The minimum absolute atomic E-state index is 0.0417. The number of benzene rings is 5. The van der Waals surface area contributed by atoms with Crippen molar-refractivity contribution in [2.24, 2.45) is 0 Å². The Kier molecular flexibility index (Phi) is 13.5. The molecule has 2 aromatic heterocycles. The number of nitrogens with zero attached hydrogens (tertiary/aromatic N) is 9.